The Bertz CT molecular complexity index is 2620. The largest absolute Gasteiger partial charge is 0.490 e. The molecule has 3 aromatic heterocycles. The van der Waals surface area contributed by atoms with E-state index in [9.17, 15) is 39.6 Å². The number of amides is 4. The zero-order valence-corrected chi connectivity index (χ0v) is 41.2. The maximum atomic E-state index is 14.0. The number of likely N-dealkylation sites (tertiary alicyclic amines) is 1. The second-order valence-electron chi connectivity index (χ2n) is 18.9. The average molecular weight is 1000 g/mol. The van der Waals surface area contributed by atoms with E-state index in [2.05, 4.69) is 30.9 Å². The minimum atomic E-state index is -1.45. The quantitative estimate of drug-likeness (QED) is 0.0511. The average Bonchev–Trinajstić information content (AvgIpc) is 4.13. The van der Waals surface area contributed by atoms with Crippen LogP contribution in [0.15, 0.2) is 66.6 Å². The van der Waals surface area contributed by atoms with Crippen LogP contribution in [0, 0.1) is 12.3 Å². The summed E-state index contributed by atoms with van der Waals surface area (Å²) >= 11 is 7.95. The highest BCUT2D eigenvalue weighted by Gasteiger charge is 2.48. The predicted molar refractivity (Wildman–Crippen MR) is 262 cm³/mol. The number of nitrogens with one attached hydrogen (secondary N) is 3. The summed E-state index contributed by atoms with van der Waals surface area (Å²) in [5, 5.41) is 53.1. The van der Waals surface area contributed by atoms with Gasteiger partial charge in [0.2, 0.25) is 23.6 Å². The van der Waals surface area contributed by atoms with Gasteiger partial charge in [0.05, 0.1) is 39.1 Å². The Morgan fingerprint density at radius 2 is 1.69 bits per heavy atom. The monoisotopic (exact) mass is 1000 g/mol. The molecule has 376 valence electrons. The Labute approximate surface area is 414 Å². The first kappa shape index (κ1) is 52.1. The number of aromatic nitrogens is 4. The molecule has 70 heavy (non-hydrogen) atoms. The van der Waals surface area contributed by atoms with E-state index in [0.29, 0.717) is 42.3 Å². The first-order valence-corrected chi connectivity index (χ1v) is 24.7. The van der Waals surface area contributed by atoms with Gasteiger partial charge in [0.25, 0.3) is 0 Å². The van der Waals surface area contributed by atoms with E-state index in [-0.39, 0.29) is 79.8 Å². The molecule has 4 amide bonds. The topological polar surface area (TPSA) is 277 Å². The summed E-state index contributed by atoms with van der Waals surface area (Å²) in [5.41, 5.74) is 10.7. The summed E-state index contributed by atoms with van der Waals surface area (Å²) in [4.78, 5) is 68.2. The third-order valence-electron chi connectivity index (χ3n) is 12.6. The number of carbonyl (C=O) groups excluding carboxylic acids is 4. The molecule has 2 saturated heterocycles. The fourth-order valence-electron chi connectivity index (χ4n) is 8.75. The van der Waals surface area contributed by atoms with E-state index >= 15 is 0 Å². The Kier molecular flexibility index (Phi) is 17.1. The van der Waals surface area contributed by atoms with Crippen LogP contribution in [0.4, 0.5) is 5.82 Å². The molecule has 7 rings (SSSR count). The predicted octanol–water partition coefficient (Wildman–Crippen LogP) is 4.10. The summed E-state index contributed by atoms with van der Waals surface area (Å²) in [6.45, 7) is 7.96. The number of aliphatic hydroxyl groups excluding tert-OH is 4. The summed E-state index contributed by atoms with van der Waals surface area (Å²) < 4.78 is 13.3. The lowest BCUT2D eigenvalue weighted by Crippen LogP contribution is -2.57. The van der Waals surface area contributed by atoms with Crippen LogP contribution in [-0.2, 0) is 30.5 Å². The van der Waals surface area contributed by atoms with Crippen molar-refractivity contribution < 1.29 is 49.1 Å². The van der Waals surface area contributed by atoms with Gasteiger partial charge in [0.15, 0.2) is 6.23 Å². The zero-order chi connectivity index (χ0) is 50.3. The molecule has 0 bridgehead atoms. The van der Waals surface area contributed by atoms with E-state index < -0.39 is 60.2 Å². The number of halogens is 1. The van der Waals surface area contributed by atoms with Gasteiger partial charge in [-0.15, -0.1) is 11.3 Å². The smallest absolute Gasteiger partial charge is 0.246 e. The summed E-state index contributed by atoms with van der Waals surface area (Å²) in [6, 6.07) is 12.3. The van der Waals surface area contributed by atoms with E-state index in [0.717, 1.165) is 21.7 Å². The van der Waals surface area contributed by atoms with E-state index in [1.165, 1.54) is 27.9 Å². The number of aryl methyl sites for hydroxylation is 1. The number of carbonyl (C=O) groups is 4. The molecule has 0 aliphatic carbocycles. The van der Waals surface area contributed by atoms with E-state index in [4.69, 9.17) is 26.8 Å². The van der Waals surface area contributed by atoms with Crippen LogP contribution in [0.5, 0.6) is 5.75 Å². The standard InChI is InChI=1S/C49H62ClN9O10S/c1-27-42(70-26-56-27)29-13-11-28(12-14-29)23-53-46(66)34-22-31(60)24-59(34)47(67)43(49(2,3)4)57-37(62)10-8-6-5-7-9-36(61)52-18-20-68-35-21-30(15-16-33(35)50)38(63)41-39(64)40(65)48(69-41)58-19-17-32-44(51)54-25-55-45(32)58/h11-17,19,21,25-26,31,34,38-41,43,48,60,63-65H,5-10,18,20,22-24H2,1-4H3,(H,52,61)(H,53,66)(H,57,62)(H2,51,54,55)/t31-,34+,38+,39+,40-,41-,43-,48-/m1/s1. The fraction of sp³-hybridized carbons (Fsp3) is 0.490. The lowest BCUT2D eigenvalue weighted by Gasteiger charge is -2.35. The molecule has 0 unspecified atom stereocenters. The van der Waals surface area contributed by atoms with Crippen LogP contribution in [-0.4, -0.2) is 125 Å². The third kappa shape index (κ3) is 12.4. The fourth-order valence-corrected chi connectivity index (χ4v) is 9.74. The summed E-state index contributed by atoms with van der Waals surface area (Å²) in [6.07, 6.45) is -1.45. The van der Waals surface area contributed by atoms with Crippen molar-refractivity contribution in [1.29, 1.82) is 0 Å². The van der Waals surface area contributed by atoms with Gasteiger partial charge in [-0.25, -0.2) is 15.0 Å². The van der Waals surface area contributed by atoms with Crippen molar-refractivity contribution in [2.24, 2.45) is 5.41 Å². The molecule has 5 heterocycles. The van der Waals surface area contributed by atoms with Crippen LogP contribution in [0.1, 0.15) is 94.9 Å². The second kappa shape index (κ2) is 23.0. The van der Waals surface area contributed by atoms with Gasteiger partial charge >= 0.3 is 0 Å². The number of anilines is 1. The SMILES string of the molecule is Cc1ncsc1-c1ccc(CNC(=O)[C@@H]2C[C@@H](O)CN2C(=O)[C@@H](NC(=O)CCCCCCC(=O)NCCOc2cc([C@H](O)[C@H]3O[C@@H](n4ccc5c(N)ncnc54)[C@H](O)[C@@H]3O)ccc2Cl)C(C)(C)C)cc1. The number of rotatable bonds is 20. The zero-order valence-electron chi connectivity index (χ0n) is 39.6. The molecule has 5 aromatic rings. The molecule has 19 nitrogen and oxygen atoms in total. The van der Waals surface area contributed by atoms with Gasteiger partial charge in [-0.05, 0) is 60.1 Å². The number of aliphatic hydroxyl groups is 4. The number of fused-ring (bicyclic) bond motifs is 1. The number of hydrogen-bond acceptors (Lipinski definition) is 15. The number of hydrogen-bond donors (Lipinski definition) is 8. The normalized spacial score (nSPS) is 21.1. The first-order chi connectivity index (χ1) is 33.4. The van der Waals surface area contributed by atoms with Gasteiger partial charge in [0, 0.05) is 38.5 Å². The first-order valence-electron chi connectivity index (χ1n) is 23.4. The van der Waals surface area contributed by atoms with Crippen LogP contribution in [0.3, 0.4) is 0 Å². The lowest BCUT2D eigenvalue weighted by atomic mass is 9.85. The van der Waals surface area contributed by atoms with Crippen molar-refractivity contribution in [3.05, 3.63) is 88.4 Å². The molecular weight excluding hydrogens is 942 g/mol. The maximum Gasteiger partial charge on any atom is 0.246 e. The van der Waals surface area contributed by atoms with Crippen molar-refractivity contribution in [3.63, 3.8) is 0 Å². The number of nitrogens with two attached hydrogens (primary N) is 1. The molecule has 2 aliphatic rings. The minimum absolute atomic E-state index is 0.0179. The van der Waals surface area contributed by atoms with Gasteiger partial charge in [-0.2, -0.15) is 0 Å². The Balaban J connectivity index is 0.793. The van der Waals surface area contributed by atoms with Crippen molar-refractivity contribution in [3.8, 4) is 16.2 Å². The van der Waals surface area contributed by atoms with Crippen LogP contribution in [0.2, 0.25) is 5.02 Å². The number of β-amino-alcohol motifs (C(OH)–C–C–N with tert-alkyl or cyclic N) is 1. The van der Waals surface area contributed by atoms with E-state index in [1.807, 2.05) is 52.0 Å². The van der Waals surface area contributed by atoms with Crippen molar-refractivity contribution in [1.82, 2.24) is 40.4 Å². The van der Waals surface area contributed by atoms with Crippen LogP contribution >= 0.6 is 22.9 Å². The van der Waals surface area contributed by atoms with Gasteiger partial charge in [-0.3, -0.25) is 19.2 Å². The molecule has 8 atom stereocenters. The molecule has 2 aromatic carbocycles. The van der Waals surface area contributed by atoms with Gasteiger partial charge < -0.3 is 61.1 Å². The second-order valence-corrected chi connectivity index (χ2v) is 20.1. The lowest BCUT2D eigenvalue weighted by molar-refractivity contribution is -0.144. The maximum absolute atomic E-state index is 14.0. The third-order valence-corrected chi connectivity index (χ3v) is 13.9. The molecule has 0 radical (unpaired) electrons. The number of benzene rings is 2. The van der Waals surface area contributed by atoms with Crippen LogP contribution < -0.4 is 26.4 Å². The molecule has 0 spiro atoms. The highest BCUT2D eigenvalue weighted by molar-refractivity contribution is 7.13. The molecule has 21 heteroatoms. The summed E-state index contributed by atoms with van der Waals surface area (Å²) in [5.74, 6) is -0.796. The van der Waals surface area contributed by atoms with Gasteiger partial charge in [-0.1, -0.05) is 75.5 Å². The van der Waals surface area contributed by atoms with E-state index in [1.54, 1.807) is 35.2 Å². The summed E-state index contributed by atoms with van der Waals surface area (Å²) in [7, 11) is 0. The van der Waals surface area contributed by atoms with Crippen molar-refractivity contribution in [2.45, 2.75) is 128 Å². The van der Waals surface area contributed by atoms with Crippen molar-refractivity contribution >= 4 is 63.4 Å². The van der Waals surface area contributed by atoms with Crippen LogP contribution in [0.25, 0.3) is 21.5 Å². The van der Waals surface area contributed by atoms with Crippen molar-refractivity contribution in [2.75, 3.05) is 25.4 Å². The van der Waals surface area contributed by atoms with Gasteiger partial charge in [0.1, 0.15) is 66.6 Å². The Morgan fingerprint density at radius 3 is 2.39 bits per heavy atom. The number of thiazole rings is 1. The number of nitrogens with zero attached hydrogens (tertiary/aromatic N) is 5. The Hall–Kier alpha value is -5.74. The minimum Gasteiger partial charge on any atom is -0.490 e. The molecule has 9 N–H and O–H groups in total. The highest BCUT2D eigenvalue weighted by Crippen LogP contribution is 2.39. The number of unbranched alkanes of at least 4 members (excludes halogenated alkanes) is 3. The highest BCUT2D eigenvalue weighted by atomic mass is 35.5. The molecular formula is C49H62ClN9O10S. The molecule has 2 fully saturated rings. The molecule has 2 aliphatic heterocycles. The Morgan fingerprint density at radius 1 is 0.957 bits per heavy atom. The molecule has 0 saturated carbocycles. The number of nitrogen functional groups attached to an aromatic ring is 1. The number of ether oxygens (including phenoxy) is 2.